The molecule has 1 aromatic carbocycles. The lowest BCUT2D eigenvalue weighted by Gasteiger charge is -2.05. The van der Waals surface area contributed by atoms with Crippen LogP contribution in [0, 0.1) is 0 Å². The van der Waals surface area contributed by atoms with E-state index in [0.717, 1.165) is 28.0 Å². The van der Waals surface area contributed by atoms with Crippen LogP contribution in [0.25, 0.3) is 16.6 Å². The van der Waals surface area contributed by atoms with Crippen molar-refractivity contribution in [1.29, 1.82) is 0 Å². The highest BCUT2D eigenvalue weighted by atomic mass is 35.5. The molecule has 1 aliphatic carbocycles. The molecule has 118 valence electrons. The van der Waals surface area contributed by atoms with Crippen molar-refractivity contribution in [3.8, 4) is 5.69 Å². The number of H-pyrrole nitrogens is 1. The van der Waals surface area contributed by atoms with Gasteiger partial charge in [0.1, 0.15) is 0 Å². The van der Waals surface area contributed by atoms with Gasteiger partial charge in [-0.15, -0.1) is 0 Å². The first kappa shape index (κ1) is 14.3. The summed E-state index contributed by atoms with van der Waals surface area (Å²) < 4.78 is 1.84. The van der Waals surface area contributed by atoms with E-state index in [9.17, 15) is 4.79 Å². The fourth-order valence-electron chi connectivity index (χ4n) is 2.76. The molecule has 0 saturated heterocycles. The molecule has 1 saturated carbocycles. The predicted octanol–water partition coefficient (Wildman–Crippen LogP) is 3.52. The van der Waals surface area contributed by atoms with Crippen LogP contribution in [0.1, 0.15) is 37.1 Å². The van der Waals surface area contributed by atoms with Crippen LogP contribution in [0.15, 0.2) is 30.5 Å². The molecule has 0 aliphatic heterocycles. The van der Waals surface area contributed by atoms with Crippen molar-refractivity contribution >= 4 is 28.4 Å². The van der Waals surface area contributed by atoms with Gasteiger partial charge in [0.05, 0.1) is 22.9 Å². The molecule has 2 aromatic heterocycles. The van der Waals surface area contributed by atoms with Crippen LogP contribution in [-0.4, -0.2) is 20.7 Å². The Kier molecular flexibility index (Phi) is 3.38. The minimum absolute atomic E-state index is 0.0495. The number of hydrogen-bond donors (Lipinski definition) is 2. The highest BCUT2D eigenvalue weighted by molar-refractivity contribution is 6.33. The Morgan fingerprint density at radius 2 is 2.26 bits per heavy atom. The average Bonchev–Trinajstić information content (AvgIpc) is 3.11. The van der Waals surface area contributed by atoms with E-state index in [1.165, 1.54) is 19.8 Å². The number of fused-ring (bicyclic) bond motifs is 1. The number of carbonyl (C=O) groups excluding carboxylic acids is 1. The number of nitrogens with one attached hydrogen (secondary N) is 2. The van der Waals surface area contributed by atoms with Crippen molar-refractivity contribution in [3.05, 3.63) is 46.9 Å². The standard InChI is InChI=1S/C17H17ClN4O/c1-10(23)19-9-13-6-12-7-14(18)17(8-16(12)20-13)22-5-4-15(21-22)11-2-3-11/h4-8,11,20H,2-3,9H2,1H3,(H,19,23). The largest absolute Gasteiger partial charge is 0.357 e. The number of halogens is 1. The number of rotatable bonds is 4. The highest BCUT2D eigenvalue weighted by Gasteiger charge is 2.26. The van der Waals surface area contributed by atoms with Gasteiger partial charge in [-0.2, -0.15) is 5.10 Å². The molecule has 0 atom stereocenters. The Bertz CT molecular complexity index is 891. The molecule has 2 N–H and O–H groups in total. The molecular formula is C17H17ClN4O. The summed E-state index contributed by atoms with van der Waals surface area (Å²) in [6.07, 6.45) is 4.42. The second kappa shape index (κ2) is 5.42. The number of aromatic amines is 1. The van der Waals surface area contributed by atoms with E-state index in [4.69, 9.17) is 11.6 Å². The van der Waals surface area contributed by atoms with Crippen molar-refractivity contribution < 1.29 is 4.79 Å². The van der Waals surface area contributed by atoms with Crippen LogP contribution in [0.5, 0.6) is 0 Å². The number of nitrogens with zero attached hydrogens (tertiary/aromatic N) is 2. The molecule has 2 heterocycles. The van der Waals surface area contributed by atoms with Crippen molar-refractivity contribution in [2.45, 2.75) is 32.2 Å². The molecule has 3 aromatic rings. The normalized spacial score (nSPS) is 14.3. The smallest absolute Gasteiger partial charge is 0.217 e. The molecule has 0 bridgehead atoms. The SMILES string of the molecule is CC(=O)NCc1cc2cc(Cl)c(-n3ccc(C4CC4)n3)cc2[nH]1. The zero-order valence-electron chi connectivity index (χ0n) is 12.8. The van der Waals surface area contributed by atoms with Crippen molar-refractivity contribution in [2.75, 3.05) is 0 Å². The predicted molar refractivity (Wildman–Crippen MR) is 89.9 cm³/mol. The summed E-state index contributed by atoms with van der Waals surface area (Å²) in [6.45, 7) is 1.98. The first-order valence-corrected chi connectivity index (χ1v) is 8.09. The Morgan fingerprint density at radius 1 is 1.43 bits per heavy atom. The lowest BCUT2D eigenvalue weighted by Crippen LogP contribution is -2.18. The third-order valence-electron chi connectivity index (χ3n) is 4.12. The van der Waals surface area contributed by atoms with E-state index in [2.05, 4.69) is 21.5 Å². The number of carbonyl (C=O) groups is 1. The molecule has 0 radical (unpaired) electrons. The lowest BCUT2D eigenvalue weighted by atomic mass is 10.2. The first-order valence-electron chi connectivity index (χ1n) is 7.71. The van der Waals surface area contributed by atoms with E-state index in [1.54, 1.807) is 0 Å². The number of benzene rings is 1. The first-order chi connectivity index (χ1) is 11.1. The van der Waals surface area contributed by atoms with Gasteiger partial charge in [0.25, 0.3) is 0 Å². The van der Waals surface area contributed by atoms with Crippen LogP contribution in [0.2, 0.25) is 5.02 Å². The Labute approximate surface area is 138 Å². The molecule has 5 nitrogen and oxygen atoms in total. The molecule has 1 fully saturated rings. The van der Waals surface area contributed by atoms with E-state index < -0.39 is 0 Å². The van der Waals surface area contributed by atoms with Gasteiger partial charge in [-0.1, -0.05) is 11.6 Å². The third kappa shape index (κ3) is 2.84. The Balaban J connectivity index is 1.68. The fourth-order valence-corrected chi connectivity index (χ4v) is 3.02. The summed E-state index contributed by atoms with van der Waals surface area (Å²) in [5.74, 6) is 0.569. The van der Waals surface area contributed by atoms with E-state index in [0.29, 0.717) is 17.5 Å². The van der Waals surface area contributed by atoms with Crippen LogP contribution >= 0.6 is 11.6 Å². The second-order valence-electron chi connectivity index (χ2n) is 6.05. The molecular weight excluding hydrogens is 312 g/mol. The summed E-state index contributed by atoms with van der Waals surface area (Å²) in [5.41, 5.74) is 3.92. The Morgan fingerprint density at radius 3 is 3.00 bits per heavy atom. The van der Waals surface area contributed by atoms with Gasteiger partial charge in [-0.25, -0.2) is 4.68 Å². The maximum Gasteiger partial charge on any atom is 0.217 e. The van der Waals surface area contributed by atoms with Crippen LogP contribution in [0.4, 0.5) is 0 Å². The van der Waals surface area contributed by atoms with Crippen LogP contribution in [0.3, 0.4) is 0 Å². The van der Waals surface area contributed by atoms with Gasteiger partial charge in [0, 0.05) is 35.6 Å². The second-order valence-corrected chi connectivity index (χ2v) is 6.46. The van der Waals surface area contributed by atoms with Crippen molar-refractivity contribution in [3.63, 3.8) is 0 Å². The lowest BCUT2D eigenvalue weighted by molar-refractivity contribution is -0.119. The summed E-state index contributed by atoms with van der Waals surface area (Å²) in [6, 6.07) is 7.99. The topological polar surface area (TPSA) is 62.7 Å². The Hall–Kier alpha value is -2.27. The monoisotopic (exact) mass is 328 g/mol. The third-order valence-corrected chi connectivity index (χ3v) is 4.43. The molecule has 6 heteroatoms. The minimum atomic E-state index is -0.0495. The summed E-state index contributed by atoms with van der Waals surface area (Å²) in [7, 11) is 0. The van der Waals surface area contributed by atoms with Crippen molar-refractivity contribution in [1.82, 2.24) is 20.1 Å². The zero-order valence-corrected chi connectivity index (χ0v) is 13.5. The van der Waals surface area contributed by atoms with Crippen molar-refractivity contribution in [2.24, 2.45) is 0 Å². The molecule has 1 amide bonds. The summed E-state index contributed by atoms with van der Waals surface area (Å²) >= 11 is 6.43. The van der Waals surface area contributed by atoms with Gasteiger partial charge in [0.15, 0.2) is 0 Å². The minimum Gasteiger partial charge on any atom is -0.357 e. The number of amides is 1. The van der Waals surface area contributed by atoms with Gasteiger partial charge >= 0.3 is 0 Å². The number of hydrogen-bond acceptors (Lipinski definition) is 2. The van der Waals surface area contributed by atoms with E-state index in [-0.39, 0.29) is 5.91 Å². The van der Waals surface area contributed by atoms with Gasteiger partial charge in [-0.3, -0.25) is 4.79 Å². The molecule has 0 spiro atoms. The van der Waals surface area contributed by atoms with Gasteiger partial charge < -0.3 is 10.3 Å². The van der Waals surface area contributed by atoms with Crippen LogP contribution in [-0.2, 0) is 11.3 Å². The highest BCUT2D eigenvalue weighted by Crippen LogP contribution is 2.39. The average molecular weight is 329 g/mol. The van der Waals surface area contributed by atoms with Gasteiger partial charge in [-0.05, 0) is 37.1 Å². The quantitative estimate of drug-likeness (QED) is 0.769. The molecule has 1 aliphatic rings. The van der Waals surface area contributed by atoms with E-state index in [1.807, 2.05) is 29.1 Å². The van der Waals surface area contributed by atoms with E-state index >= 15 is 0 Å². The fraction of sp³-hybridized carbons (Fsp3) is 0.294. The van der Waals surface area contributed by atoms with Crippen LogP contribution < -0.4 is 5.32 Å². The maximum atomic E-state index is 11.0. The molecule has 4 rings (SSSR count). The number of aromatic nitrogens is 3. The van der Waals surface area contributed by atoms with Gasteiger partial charge in [0.2, 0.25) is 5.91 Å². The summed E-state index contributed by atoms with van der Waals surface area (Å²) in [5, 5.41) is 9.11. The summed E-state index contributed by atoms with van der Waals surface area (Å²) in [4.78, 5) is 14.3. The molecule has 23 heavy (non-hydrogen) atoms. The zero-order chi connectivity index (χ0) is 16.0. The molecule has 0 unspecified atom stereocenters. The maximum absolute atomic E-state index is 11.0.